The van der Waals surface area contributed by atoms with Crippen LogP contribution in [0.25, 0.3) is 0 Å². The van der Waals surface area contributed by atoms with Crippen LogP contribution in [0.1, 0.15) is 49.5 Å². The van der Waals surface area contributed by atoms with Crippen LogP contribution in [-0.4, -0.2) is 22.3 Å². The van der Waals surface area contributed by atoms with Crippen molar-refractivity contribution in [2.45, 2.75) is 54.7 Å². The molecule has 0 aliphatic rings. The average Bonchev–Trinajstić information content (AvgIpc) is 3.01. The van der Waals surface area contributed by atoms with Crippen molar-refractivity contribution in [1.82, 2.24) is 9.88 Å². The molecule has 0 radical (unpaired) electrons. The fourth-order valence-corrected chi connectivity index (χ4v) is 3.37. The third-order valence-corrected chi connectivity index (χ3v) is 5.06. The molecule has 26 heavy (non-hydrogen) atoms. The molecular weight excluding hydrogens is 344 g/mol. The lowest BCUT2D eigenvalue weighted by Gasteiger charge is -2.25. The van der Waals surface area contributed by atoms with Gasteiger partial charge in [-0.3, -0.25) is 4.79 Å². The monoisotopic (exact) mass is 374 g/mol. The summed E-state index contributed by atoms with van der Waals surface area (Å²) in [5.74, 6) is 1.48. The molecule has 0 atom stereocenters. The SMILES string of the molecule is Cc1ccc(OCc2nc(CN(CC(C)C)C(=O)C(C)C)cs2)cc1C. The van der Waals surface area contributed by atoms with Crippen molar-refractivity contribution in [3.8, 4) is 5.75 Å². The van der Waals surface area contributed by atoms with Crippen LogP contribution in [-0.2, 0) is 17.9 Å². The normalized spacial score (nSPS) is 11.2. The fraction of sp³-hybridized carbons (Fsp3) is 0.524. The molecule has 4 nitrogen and oxygen atoms in total. The molecule has 1 aromatic heterocycles. The maximum absolute atomic E-state index is 12.4. The minimum absolute atomic E-state index is 0.0000311. The molecule has 0 unspecified atom stereocenters. The average molecular weight is 375 g/mol. The number of thiazole rings is 1. The number of carbonyl (C=O) groups excluding carboxylic acids is 1. The molecule has 1 amide bonds. The van der Waals surface area contributed by atoms with Gasteiger partial charge in [-0.25, -0.2) is 4.98 Å². The lowest BCUT2D eigenvalue weighted by molar-refractivity contribution is -0.135. The highest BCUT2D eigenvalue weighted by atomic mass is 32.1. The van der Waals surface area contributed by atoms with Gasteiger partial charge in [-0.2, -0.15) is 0 Å². The predicted octanol–water partition coefficient (Wildman–Crippen LogP) is 4.98. The summed E-state index contributed by atoms with van der Waals surface area (Å²) < 4.78 is 5.86. The Bertz CT molecular complexity index is 737. The molecule has 0 aliphatic carbocycles. The van der Waals surface area contributed by atoms with Gasteiger partial charge in [0.25, 0.3) is 0 Å². The van der Waals surface area contributed by atoms with Crippen molar-refractivity contribution < 1.29 is 9.53 Å². The van der Waals surface area contributed by atoms with Crippen LogP contribution >= 0.6 is 11.3 Å². The van der Waals surface area contributed by atoms with Gasteiger partial charge in [0.2, 0.25) is 5.91 Å². The zero-order valence-electron chi connectivity index (χ0n) is 16.7. The molecule has 2 aromatic rings. The quantitative estimate of drug-likeness (QED) is 0.654. The highest BCUT2D eigenvalue weighted by Gasteiger charge is 2.19. The summed E-state index contributed by atoms with van der Waals surface area (Å²) in [7, 11) is 0. The second kappa shape index (κ2) is 9.17. The summed E-state index contributed by atoms with van der Waals surface area (Å²) in [6, 6.07) is 6.11. The summed E-state index contributed by atoms with van der Waals surface area (Å²) in [6.07, 6.45) is 0. The molecule has 0 N–H and O–H groups in total. The number of hydrogen-bond acceptors (Lipinski definition) is 4. The number of benzene rings is 1. The van der Waals surface area contributed by atoms with Crippen molar-refractivity contribution in [1.29, 1.82) is 0 Å². The van der Waals surface area contributed by atoms with Gasteiger partial charge in [0.15, 0.2) is 0 Å². The van der Waals surface area contributed by atoms with Gasteiger partial charge in [-0.05, 0) is 43.0 Å². The zero-order valence-corrected chi connectivity index (χ0v) is 17.5. The van der Waals surface area contributed by atoms with E-state index in [-0.39, 0.29) is 11.8 Å². The topological polar surface area (TPSA) is 42.4 Å². The maximum atomic E-state index is 12.4. The molecule has 0 bridgehead atoms. The summed E-state index contributed by atoms with van der Waals surface area (Å²) in [5.41, 5.74) is 3.41. The van der Waals surface area contributed by atoms with E-state index in [1.165, 1.54) is 11.1 Å². The Hall–Kier alpha value is -1.88. The maximum Gasteiger partial charge on any atom is 0.225 e. The fourth-order valence-electron chi connectivity index (χ4n) is 2.67. The standard InChI is InChI=1S/C21H30N2O2S/c1-14(2)10-23(21(24)15(3)4)11-18-13-26-20(22-18)12-25-19-8-7-16(5)17(6)9-19/h7-9,13-15H,10-12H2,1-6H3. The molecule has 1 aromatic carbocycles. The van der Waals surface area contributed by atoms with Gasteiger partial charge < -0.3 is 9.64 Å². The number of carbonyl (C=O) groups is 1. The molecular formula is C21H30N2O2S. The van der Waals surface area contributed by atoms with Crippen molar-refractivity contribution >= 4 is 17.2 Å². The Balaban J connectivity index is 1.98. The number of nitrogens with zero attached hydrogens (tertiary/aromatic N) is 2. The van der Waals surface area contributed by atoms with E-state index >= 15 is 0 Å². The molecule has 5 heteroatoms. The Morgan fingerprint density at radius 2 is 1.92 bits per heavy atom. The summed E-state index contributed by atoms with van der Waals surface area (Å²) >= 11 is 1.58. The van der Waals surface area contributed by atoms with Crippen LogP contribution in [0.15, 0.2) is 23.6 Å². The van der Waals surface area contributed by atoms with Crippen LogP contribution in [0, 0.1) is 25.7 Å². The van der Waals surface area contributed by atoms with Crippen molar-refractivity contribution in [3.63, 3.8) is 0 Å². The molecule has 0 saturated heterocycles. The Labute approximate surface area is 161 Å². The first-order chi connectivity index (χ1) is 12.3. The van der Waals surface area contributed by atoms with Gasteiger partial charge >= 0.3 is 0 Å². The van der Waals surface area contributed by atoms with E-state index in [4.69, 9.17) is 4.74 Å². The molecule has 0 fully saturated rings. The van der Waals surface area contributed by atoms with Crippen molar-refractivity contribution in [2.75, 3.05) is 6.54 Å². The van der Waals surface area contributed by atoms with Crippen molar-refractivity contribution in [2.24, 2.45) is 11.8 Å². The molecule has 142 valence electrons. The van der Waals surface area contributed by atoms with E-state index in [1.807, 2.05) is 30.2 Å². The number of amides is 1. The van der Waals surface area contributed by atoms with Crippen molar-refractivity contribution in [3.05, 3.63) is 45.4 Å². The molecule has 0 saturated carbocycles. The highest BCUT2D eigenvalue weighted by molar-refractivity contribution is 7.09. The second-order valence-corrected chi connectivity index (χ2v) is 8.48. The van der Waals surface area contributed by atoms with Gasteiger partial charge in [0.1, 0.15) is 17.4 Å². The number of hydrogen-bond donors (Lipinski definition) is 0. The summed E-state index contributed by atoms with van der Waals surface area (Å²) in [4.78, 5) is 19.0. The third kappa shape index (κ3) is 5.84. The predicted molar refractivity (Wildman–Crippen MR) is 107 cm³/mol. The zero-order chi connectivity index (χ0) is 19.3. The Kier molecular flexibility index (Phi) is 7.21. The highest BCUT2D eigenvalue weighted by Crippen LogP contribution is 2.20. The van der Waals surface area contributed by atoms with Crippen LogP contribution in [0.4, 0.5) is 0 Å². The third-order valence-electron chi connectivity index (χ3n) is 4.18. The molecule has 0 aliphatic heterocycles. The lowest BCUT2D eigenvalue weighted by atomic mass is 10.1. The lowest BCUT2D eigenvalue weighted by Crippen LogP contribution is -2.36. The van der Waals surface area contributed by atoms with E-state index < -0.39 is 0 Å². The van der Waals surface area contributed by atoms with E-state index in [0.717, 1.165) is 23.0 Å². The largest absolute Gasteiger partial charge is 0.486 e. The minimum Gasteiger partial charge on any atom is -0.486 e. The number of aromatic nitrogens is 1. The molecule has 0 spiro atoms. The number of ether oxygens (including phenoxy) is 1. The molecule has 2 rings (SSSR count). The van der Waals surface area contributed by atoms with Gasteiger partial charge in [-0.15, -0.1) is 11.3 Å². The minimum atomic E-state index is -0.0000311. The van der Waals surface area contributed by atoms with Crippen LogP contribution in [0.2, 0.25) is 0 Å². The first kappa shape index (κ1) is 20.4. The van der Waals surface area contributed by atoms with E-state index in [9.17, 15) is 4.79 Å². The van der Waals surface area contributed by atoms with Gasteiger partial charge in [0, 0.05) is 17.8 Å². The molecule has 1 heterocycles. The smallest absolute Gasteiger partial charge is 0.225 e. The van der Waals surface area contributed by atoms with Gasteiger partial charge in [0.05, 0.1) is 12.2 Å². The van der Waals surface area contributed by atoms with E-state index in [1.54, 1.807) is 11.3 Å². The number of rotatable bonds is 8. The Morgan fingerprint density at radius 3 is 2.54 bits per heavy atom. The number of aryl methyl sites for hydroxylation is 2. The second-order valence-electron chi connectivity index (χ2n) is 7.53. The van der Waals surface area contributed by atoms with Crippen LogP contribution < -0.4 is 4.74 Å². The van der Waals surface area contributed by atoms with E-state index in [0.29, 0.717) is 19.1 Å². The van der Waals surface area contributed by atoms with E-state index in [2.05, 4.69) is 44.8 Å². The first-order valence-electron chi connectivity index (χ1n) is 9.18. The first-order valence-corrected chi connectivity index (χ1v) is 10.1. The van der Waals surface area contributed by atoms with Gasteiger partial charge in [-0.1, -0.05) is 33.8 Å². The summed E-state index contributed by atoms with van der Waals surface area (Å²) in [5, 5.41) is 2.96. The Morgan fingerprint density at radius 1 is 1.19 bits per heavy atom. The van der Waals surface area contributed by atoms with Crippen LogP contribution in [0.5, 0.6) is 5.75 Å². The summed E-state index contributed by atoms with van der Waals surface area (Å²) in [6.45, 7) is 14.1. The van der Waals surface area contributed by atoms with Crippen LogP contribution in [0.3, 0.4) is 0 Å².